The summed E-state index contributed by atoms with van der Waals surface area (Å²) in [7, 11) is 0. The SMILES string of the molecule is CC1CC(CN)CN1C(=O)c1ccc2c(c1)OCCCO2.Cl. The predicted molar refractivity (Wildman–Crippen MR) is 87.0 cm³/mol. The lowest BCUT2D eigenvalue weighted by atomic mass is 10.1. The summed E-state index contributed by atoms with van der Waals surface area (Å²) < 4.78 is 11.3. The number of nitrogens with two attached hydrogens (primary N) is 1. The Morgan fingerprint density at radius 2 is 2.05 bits per heavy atom. The molecular formula is C16H23ClN2O3. The molecule has 1 aromatic carbocycles. The van der Waals surface area contributed by atoms with E-state index in [0.29, 0.717) is 37.0 Å². The molecule has 0 radical (unpaired) electrons. The second kappa shape index (κ2) is 7.20. The minimum absolute atomic E-state index is 0. The Bertz CT molecular complexity index is 538. The van der Waals surface area contributed by atoms with Gasteiger partial charge in [0, 0.05) is 24.6 Å². The third-order valence-corrected chi connectivity index (χ3v) is 4.25. The van der Waals surface area contributed by atoms with Gasteiger partial charge in [0.2, 0.25) is 0 Å². The maximum absolute atomic E-state index is 12.7. The van der Waals surface area contributed by atoms with Gasteiger partial charge in [-0.25, -0.2) is 0 Å². The van der Waals surface area contributed by atoms with Crippen molar-refractivity contribution >= 4 is 18.3 Å². The second-order valence-electron chi connectivity index (χ2n) is 5.86. The first-order chi connectivity index (χ1) is 10.2. The van der Waals surface area contributed by atoms with Crippen LogP contribution in [0.1, 0.15) is 30.1 Å². The van der Waals surface area contributed by atoms with Crippen molar-refractivity contribution in [2.75, 3.05) is 26.3 Å². The Kier molecular flexibility index (Phi) is 5.53. The number of ether oxygens (including phenoxy) is 2. The third kappa shape index (κ3) is 3.31. The summed E-state index contributed by atoms with van der Waals surface area (Å²) in [5.41, 5.74) is 6.39. The molecule has 6 heteroatoms. The molecule has 0 bridgehead atoms. The Labute approximate surface area is 137 Å². The monoisotopic (exact) mass is 326 g/mol. The zero-order chi connectivity index (χ0) is 14.8. The van der Waals surface area contributed by atoms with Crippen molar-refractivity contribution in [1.29, 1.82) is 0 Å². The number of halogens is 1. The van der Waals surface area contributed by atoms with E-state index < -0.39 is 0 Å². The smallest absolute Gasteiger partial charge is 0.254 e. The van der Waals surface area contributed by atoms with Crippen molar-refractivity contribution in [2.45, 2.75) is 25.8 Å². The van der Waals surface area contributed by atoms with Crippen molar-refractivity contribution in [2.24, 2.45) is 11.7 Å². The molecule has 0 aliphatic carbocycles. The number of rotatable bonds is 2. The number of nitrogens with zero attached hydrogens (tertiary/aromatic N) is 1. The van der Waals surface area contributed by atoms with Crippen LogP contribution in [0.2, 0.25) is 0 Å². The molecule has 2 atom stereocenters. The highest BCUT2D eigenvalue weighted by Gasteiger charge is 2.32. The van der Waals surface area contributed by atoms with Gasteiger partial charge in [-0.2, -0.15) is 0 Å². The van der Waals surface area contributed by atoms with Crippen molar-refractivity contribution in [1.82, 2.24) is 4.90 Å². The fourth-order valence-corrected chi connectivity index (χ4v) is 3.06. The van der Waals surface area contributed by atoms with E-state index in [1.165, 1.54) is 0 Å². The molecule has 2 heterocycles. The number of likely N-dealkylation sites (tertiary alicyclic amines) is 1. The van der Waals surface area contributed by atoms with Gasteiger partial charge in [-0.05, 0) is 44.0 Å². The maximum Gasteiger partial charge on any atom is 0.254 e. The summed E-state index contributed by atoms with van der Waals surface area (Å²) in [5.74, 6) is 1.84. The number of carbonyl (C=O) groups excluding carboxylic acids is 1. The summed E-state index contributed by atoms with van der Waals surface area (Å²) in [6.45, 7) is 4.73. The van der Waals surface area contributed by atoms with Crippen molar-refractivity contribution in [3.63, 3.8) is 0 Å². The fraction of sp³-hybridized carbons (Fsp3) is 0.562. The lowest BCUT2D eigenvalue weighted by Crippen LogP contribution is -2.34. The molecule has 2 aliphatic rings. The third-order valence-electron chi connectivity index (χ3n) is 4.25. The molecule has 0 spiro atoms. The average molecular weight is 327 g/mol. The van der Waals surface area contributed by atoms with Crippen LogP contribution in [-0.4, -0.2) is 43.2 Å². The van der Waals surface area contributed by atoms with Crippen LogP contribution in [0, 0.1) is 5.92 Å². The van der Waals surface area contributed by atoms with Crippen LogP contribution in [0.4, 0.5) is 0 Å². The Morgan fingerprint density at radius 3 is 2.73 bits per heavy atom. The first-order valence-electron chi connectivity index (χ1n) is 7.59. The standard InChI is InChI=1S/C16H22N2O3.ClH/c1-11-7-12(9-17)10-18(11)16(19)13-3-4-14-15(8-13)21-6-2-5-20-14;/h3-4,8,11-12H,2,5-7,9-10,17H2,1H3;1H. The van der Waals surface area contributed by atoms with Crippen LogP contribution in [0.25, 0.3) is 0 Å². The van der Waals surface area contributed by atoms with E-state index in [2.05, 4.69) is 6.92 Å². The summed E-state index contributed by atoms with van der Waals surface area (Å²) >= 11 is 0. The number of carbonyl (C=O) groups is 1. The molecule has 1 amide bonds. The van der Waals surface area contributed by atoms with Gasteiger partial charge in [0.15, 0.2) is 11.5 Å². The Hall–Kier alpha value is -1.46. The predicted octanol–water partition coefficient (Wildman–Crippen LogP) is 2.08. The molecule has 5 nitrogen and oxygen atoms in total. The summed E-state index contributed by atoms with van der Waals surface area (Å²) in [4.78, 5) is 14.6. The summed E-state index contributed by atoms with van der Waals surface area (Å²) in [6, 6.07) is 5.68. The molecule has 0 saturated carbocycles. The zero-order valence-corrected chi connectivity index (χ0v) is 13.6. The minimum Gasteiger partial charge on any atom is -0.490 e. The van der Waals surface area contributed by atoms with Gasteiger partial charge in [0.05, 0.1) is 13.2 Å². The molecule has 22 heavy (non-hydrogen) atoms. The zero-order valence-electron chi connectivity index (χ0n) is 12.8. The molecule has 1 fully saturated rings. The molecule has 1 aromatic rings. The van der Waals surface area contributed by atoms with Gasteiger partial charge in [0.25, 0.3) is 5.91 Å². The van der Waals surface area contributed by atoms with Crippen LogP contribution in [0.3, 0.4) is 0 Å². The number of amides is 1. The van der Waals surface area contributed by atoms with Crippen molar-refractivity contribution in [3.8, 4) is 11.5 Å². The van der Waals surface area contributed by atoms with Crippen LogP contribution in [0.5, 0.6) is 11.5 Å². The number of hydrogen-bond acceptors (Lipinski definition) is 4. The van der Waals surface area contributed by atoms with Crippen LogP contribution < -0.4 is 15.2 Å². The normalized spacial score (nSPS) is 23.6. The molecule has 122 valence electrons. The first kappa shape index (κ1) is 16.9. The van der Waals surface area contributed by atoms with Gasteiger partial charge in [0.1, 0.15) is 0 Å². The van der Waals surface area contributed by atoms with E-state index in [-0.39, 0.29) is 24.4 Å². The van der Waals surface area contributed by atoms with Crippen molar-refractivity contribution < 1.29 is 14.3 Å². The molecule has 2 aliphatic heterocycles. The lowest BCUT2D eigenvalue weighted by molar-refractivity contribution is 0.0743. The van der Waals surface area contributed by atoms with Crippen LogP contribution in [0.15, 0.2) is 18.2 Å². The molecule has 2 unspecified atom stereocenters. The highest BCUT2D eigenvalue weighted by atomic mass is 35.5. The van der Waals surface area contributed by atoms with Gasteiger partial charge in [-0.15, -0.1) is 12.4 Å². The average Bonchev–Trinajstić information content (AvgIpc) is 2.72. The lowest BCUT2D eigenvalue weighted by Gasteiger charge is -2.22. The van der Waals surface area contributed by atoms with E-state index in [1.807, 2.05) is 17.0 Å². The summed E-state index contributed by atoms with van der Waals surface area (Å²) in [6.07, 6.45) is 1.84. The molecule has 1 saturated heterocycles. The molecule has 2 N–H and O–H groups in total. The van der Waals surface area contributed by atoms with Crippen LogP contribution in [-0.2, 0) is 0 Å². The number of hydrogen-bond donors (Lipinski definition) is 1. The van der Waals surface area contributed by atoms with Gasteiger partial charge in [-0.1, -0.05) is 0 Å². The highest BCUT2D eigenvalue weighted by Crippen LogP contribution is 2.32. The van der Waals surface area contributed by atoms with E-state index in [1.54, 1.807) is 6.07 Å². The van der Waals surface area contributed by atoms with Crippen molar-refractivity contribution in [3.05, 3.63) is 23.8 Å². The van der Waals surface area contributed by atoms with Gasteiger partial charge < -0.3 is 20.1 Å². The largest absolute Gasteiger partial charge is 0.490 e. The highest BCUT2D eigenvalue weighted by molar-refractivity contribution is 5.95. The summed E-state index contributed by atoms with van der Waals surface area (Å²) in [5, 5.41) is 0. The Morgan fingerprint density at radius 1 is 1.32 bits per heavy atom. The Balaban J connectivity index is 0.00000176. The minimum atomic E-state index is 0. The molecule has 3 rings (SSSR count). The molecule has 0 aromatic heterocycles. The fourth-order valence-electron chi connectivity index (χ4n) is 3.06. The molecular weight excluding hydrogens is 304 g/mol. The quantitative estimate of drug-likeness (QED) is 0.903. The second-order valence-corrected chi connectivity index (χ2v) is 5.86. The number of fused-ring (bicyclic) bond motifs is 1. The van der Waals surface area contributed by atoms with Crippen LogP contribution >= 0.6 is 12.4 Å². The topological polar surface area (TPSA) is 64.8 Å². The van der Waals surface area contributed by atoms with Gasteiger partial charge >= 0.3 is 0 Å². The van der Waals surface area contributed by atoms with E-state index in [0.717, 1.165) is 25.1 Å². The first-order valence-corrected chi connectivity index (χ1v) is 7.59. The van der Waals surface area contributed by atoms with Gasteiger partial charge in [-0.3, -0.25) is 4.79 Å². The van der Waals surface area contributed by atoms with E-state index in [4.69, 9.17) is 15.2 Å². The van der Waals surface area contributed by atoms with E-state index in [9.17, 15) is 4.79 Å². The number of benzene rings is 1. The maximum atomic E-state index is 12.7. The van der Waals surface area contributed by atoms with E-state index >= 15 is 0 Å².